The van der Waals surface area contributed by atoms with Crippen LogP contribution in [0, 0.1) is 6.92 Å². The zero-order valence-corrected chi connectivity index (χ0v) is 19.8. The van der Waals surface area contributed by atoms with Gasteiger partial charge >= 0.3 is 0 Å². The highest BCUT2D eigenvalue weighted by molar-refractivity contribution is 8.00. The van der Waals surface area contributed by atoms with Gasteiger partial charge in [0.05, 0.1) is 10.9 Å². The Hall–Kier alpha value is -2.71. The second-order valence-electron chi connectivity index (χ2n) is 6.18. The van der Waals surface area contributed by atoms with E-state index in [0.717, 1.165) is 17.3 Å². The van der Waals surface area contributed by atoms with Gasteiger partial charge in [0.2, 0.25) is 0 Å². The van der Waals surface area contributed by atoms with Gasteiger partial charge in [-0.05, 0) is 75.4 Å². The SMILES string of the molecule is C=C/C=C(\C=C/C[S+](C(/C=C\C)=C/C)c1ccccc1)Oc1ccc(C)cc1.CC. The Morgan fingerprint density at radius 1 is 0.967 bits per heavy atom. The summed E-state index contributed by atoms with van der Waals surface area (Å²) in [6.07, 6.45) is 14.4. The molecule has 30 heavy (non-hydrogen) atoms. The number of ether oxygens (including phenoxy) is 1. The first kappa shape index (κ1) is 25.3. The second kappa shape index (κ2) is 15.2. The van der Waals surface area contributed by atoms with Crippen LogP contribution in [-0.2, 0) is 10.9 Å². The molecule has 2 rings (SSSR count). The van der Waals surface area contributed by atoms with E-state index in [4.69, 9.17) is 4.74 Å². The summed E-state index contributed by atoms with van der Waals surface area (Å²) >= 11 is 0. The summed E-state index contributed by atoms with van der Waals surface area (Å²) in [5.74, 6) is 2.52. The van der Waals surface area contributed by atoms with Crippen molar-refractivity contribution in [2.75, 3.05) is 5.75 Å². The van der Waals surface area contributed by atoms with E-state index in [0.29, 0.717) is 0 Å². The zero-order chi connectivity index (χ0) is 22.2. The summed E-state index contributed by atoms with van der Waals surface area (Å²) in [5.41, 5.74) is 1.21. The summed E-state index contributed by atoms with van der Waals surface area (Å²) < 4.78 is 6.01. The Bertz CT molecular complexity index is 855. The molecule has 0 radical (unpaired) electrons. The molecular weight excluding hydrogens is 384 g/mol. The van der Waals surface area contributed by atoms with E-state index < -0.39 is 0 Å². The van der Waals surface area contributed by atoms with Crippen molar-refractivity contribution >= 4 is 10.9 Å². The molecule has 2 aromatic carbocycles. The minimum absolute atomic E-state index is 0.0166. The lowest BCUT2D eigenvalue weighted by atomic mass is 10.2. The van der Waals surface area contributed by atoms with E-state index in [1.165, 1.54) is 15.4 Å². The normalized spacial score (nSPS) is 13.1. The van der Waals surface area contributed by atoms with Gasteiger partial charge in [-0.3, -0.25) is 0 Å². The van der Waals surface area contributed by atoms with Gasteiger partial charge in [0, 0.05) is 0 Å². The van der Waals surface area contributed by atoms with Gasteiger partial charge in [-0.15, -0.1) is 0 Å². The molecule has 0 saturated carbocycles. The van der Waals surface area contributed by atoms with Crippen molar-refractivity contribution in [1.82, 2.24) is 0 Å². The van der Waals surface area contributed by atoms with Gasteiger partial charge in [0.1, 0.15) is 17.3 Å². The largest absolute Gasteiger partial charge is 0.457 e. The third-order valence-corrected chi connectivity index (χ3v) is 6.32. The summed E-state index contributed by atoms with van der Waals surface area (Å²) in [6, 6.07) is 18.7. The molecule has 0 aromatic heterocycles. The van der Waals surface area contributed by atoms with E-state index in [-0.39, 0.29) is 10.9 Å². The Labute approximate surface area is 186 Å². The molecule has 0 saturated heterocycles. The minimum Gasteiger partial charge on any atom is -0.457 e. The Morgan fingerprint density at radius 3 is 2.20 bits per heavy atom. The molecule has 158 valence electrons. The van der Waals surface area contributed by atoms with Crippen LogP contribution in [0.5, 0.6) is 5.75 Å². The fraction of sp³-hybridized carbons (Fsp3) is 0.214. The van der Waals surface area contributed by atoms with Crippen LogP contribution >= 0.6 is 0 Å². The maximum Gasteiger partial charge on any atom is 0.161 e. The maximum absolute atomic E-state index is 6.01. The fourth-order valence-corrected chi connectivity index (χ4v) is 4.66. The quantitative estimate of drug-likeness (QED) is 0.226. The first-order valence-corrected chi connectivity index (χ1v) is 11.9. The predicted octanol–water partition coefficient (Wildman–Crippen LogP) is 8.18. The Kier molecular flexibility index (Phi) is 12.8. The van der Waals surface area contributed by atoms with Crippen molar-refractivity contribution < 1.29 is 4.74 Å². The first-order chi connectivity index (χ1) is 14.7. The summed E-state index contributed by atoms with van der Waals surface area (Å²) in [7, 11) is -0.0166. The average Bonchev–Trinajstić information content (AvgIpc) is 2.79. The molecule has 0 N–H and O–H groups in total. The van der Waals surface area contributed by atoms with Crippen molar-refractivity contribution in [3.8, 4) is 5.75 Å². The third kappa shape index (κ3) is 8.75. The average molecular weight is 420 g/mol. The topological polar surface area (TPSA) is 9.23 Å². The molecule has 2 aromatic rings. The van der Waals surface area contributed by atoms with Crippen molar-refractivity contribution in [1.29, 1.82) is 0 Å². The van der Waals surface area contributed by atoms with Crippen LogP contribution < -0.4 is 4.74 Å². The maximum atomic E-state index is 6.01. The number of benzene rings is 2. The van der Waals surface area contributed by atoms with Gasteiger partial charge in [0.25, 0.3) is 0 Å². The molecule has 0 aliphatic rings. The van der Waals surface area contributed by atoms with Gasteiger partial charge in [-0.2, -0.15) is 0 Å². The van der Waals surface area contributed by atoms with Gasteiger partial charge in [-0.1, -0.05) is 68.5 Å². The van der Waals surface area contributed by atoms with E-state index in [9.17, 15) is 0 Å². The van der Waals surface area contributed by atoms with Crippen molar-refractivity contribution in [3.63, 3.8) is 0 Å². The monoisotopic (exact) mass is 419 g/mol. The van der Waals surface area contributed by atoms with Crippen LogP contribution in [0.1, 0.15) is 33.3 Å². The number of hydrogen-bond donors (Lipinski definition) is 0. The highest BCUT2D eigenvalue weighted by Crippen LogP contribution is 2.24. The smallest absolute Gasteiger partial charge is 0.161 e. The van der Waals surface area contributed by atoms with Crippen LogP contribution in [0.25, 0.3) is 0 Å². The Morgan fingerprint density at radius 2 is 1.63 bits per heavy atom. The van der Waals surface area contributed by atoms with Crippen LogP contribution in [0.3, 0.4) is 0 Å². The molecule has 0 heterocycles. The molecule has 0 aliphatic carbocycles. The van der Waals surface area contributed by atoms with E-state index in [2.05, 4.69) is 82.0 Å². The molecule has 2 heteroatoms. The number of aryl methyl sites for hydroxylation is 1. The van der Waals surface area contributed by atoms with Crippen LogP contribution in [0.4, 0.5) is 0 Å². The molecule has 1 atom stereocenters. The van der Waals surface area contributed by atoms with E-state index >= 15 is 0 Å². The third-order valence-electron chi connectivity index (χ3n) is 4.01. The molecular formula is C28H35OS+. The lowest BCUT2D eigenvalue weighted by molar-refractivity contribution is 0.444. The van der Waals surface area contributed by atoms with Crippen molar-refractivity contribution in [2.45, 2.75) is 39.5 Å². The van der Waals surface area contributed by atoms with Crippen LogP contribution in [0.15, 0.2) is 119 Å². The van der Waals surface area contributed by atoms with E-state index in [1.807, 2.05) is 50.3 Å². The standard InChI is InChI=1S/C26H29OS.C2H6/c1-5-12-23(27-24-19-17-22(4)18-20-24)14-11-21-28(25(7-3)13-6-2)26-15-9-8-10-16-26;1-2/h5-20H,1,21H2,2-4H3;1-2H3/q+1;/b13-6-,14-11-,23-12+,25-7+;. The van der Waals surface area contributed by atoms with E-state index in [1.54, 1.807) is 6.08 Å². The molecule has 0 aliphatic heterocycles. The van der Waals surface area contributed by atoms with Gasteiger partial charge in [0.15, 0.2) is 9.80 Å². The second-order valence-corrected chi connectivity index (χ2v) is 8.24. The lowest BCUT2D eigenvalue weighted by Crippen LogP contribution is -2.08. The van der Waals surface area contributed by atoms with Crippen LogP contribution in [0.2, 0.25) is 0 Å². The van der Waals surface area contributed by atoms with Gasteiger partial charge < -0.3 is 4.74 Å². The first-order valence-electron chi connectivity index (χ1n) is 10.5. The predicted molar refractivity (Wildman–Crippen MR) is 136 cm³/mol. The Balaban J connectivity index is 0.00000218. The molecule has 0 bridgehead atoms. The van der Waals surface area contributed by atoms with Crippen molar-refractivity contribution in [3.05, 3.63) is 120 Å². The number of allylic oxidation sites excluding steroid dienone is 6. The highest BCUT2D eigenvalue weighted by atomic mass is 32.2. The van der Waals surface area contributed by atoms with Crippen LogP contribution in [-0.4, -0.2) is 5.75 Å². The van der Waals surface area contributed by atoms with Gasteiger partial charge in [-0.25, -0.2) is 0 Å². The number of rotatable bonds is 9. The summed E-state index contributed by atoms with van der Waals surface area (Å²) in [5, 5.41) is 0. The minimum atomic E-state index is -0.0166. The molecule has 0 amide bonds. The summed E-state index contributed by atoms with van der Waals surface area (Å²) in [4.78, 5) is 2.68. The lowest BCUT2D eigenvalue weighted by Gasteiger charge is -2.08. The van der Waals surface area contributed by atoms with Crippen molar-refractivity contribution in [2.24, 2.45) is 0 Å². The zero-order valence-electron chi connectivity index (χ0n) is 19.0. The molecule has 0 fully saturated rings. The number of hydrogen-bond acceptors (Lipinski definition) is 1. The molecule has 1 nitrogen and oxygen atoms in total. The highest BCUT2D eigenvalue weighted by Gasteiger charge is 2.23. The fourth-order valence-electron chi connectivity index (χ4n) is 2.64. The summed E-state index contributed by atoms with van der Waals surface area (Å²) in [6.45, 7) is 14.0. The molecule has 0 spiro atoms. The molecule has 1 unspecified atom stereocenters.